The van der Waals surface area contributed by atoms with E-state index in [1.165, 1.54) is 30.4 Å². The number of benzene rings is 1. The van der Waals surface area contributed by atoms with Crippen LogP contribution in [0.3, 0.4) is 0 Å². The highest BCUT2D eigenvalue weighted by Gasteiger charge is 2.22. The van der Waals surface area contributed by atoms with E-state index >= 15 is 0 Å². The first-order valence-electron chi connectivity index (χ1n) is 6.85. The average molecular weight is 262 g/mol. The first-order valence-corrected chi connectivity index (χ1v) is 7.25. The van der Waals surface area contributed by atoms with E-state index in [-0.39, 0.29) is 6.04 Å². The molecule has 1 fully saturated rings. The van der Waals surface area contributed by atoms with Crippen molar-refractivity contribution in [3.63, 3.8) is 0 Å². The van der Waals surface area contributed by atoms with Gasteiger partial charge in [-0.25, -0.2) is 0 Å². The molecule has 0 aromatic heterocycles. The van der Waals surface area contributed by atoms with Crippen LogP contribution >= 0.6 is 12.2 Å². The molecule has 1 aliphatic rings. The van der Waals surface area contributed by atoms with Crippen molar-refractivity contribution in [1.82, 2.24) is 10.6 Å². The number of nitrogens with one attached hydrogen (secondary N) is 2. The van der Waals surface area contributed by atoms with Crippen LogP contribution in [0.1, 0.15) is 50.3 Å². The fraction of sp³-hybridized carbons (Fsp3) is 0.533. The van der Waals surface area contributed by atoms with Gasteiger partial charge in [0.15, 0.2) is 5.11 Å². The van der Waals surface area contributed by atoms with Crippen molar-refractivity contribution in [3.8, 4) is 0 Å². The van der Waals surface area contributed by atoms with Crippen molar-refractivity contribution in [2.45, 2.75) is 51.6 Å². The lowest BCUT2D eigenvalue weighted by atomic mass is 10.0. The summed E-state index contributed by atoms with van der Waals surface area (Å²) >= 11 is 5.29. The Morgan fingerprint density at radius 3 is 2.56 bits per heavy atom. The Bertz CT molecular complexity index is 395. The SMILES string of the molecule is CCCc1ccc(C(C)NC(=S)NC2CC2)cc1. The third kappa shape index (κ3) is 3.98. The normalized spacial score (nSPS) is 16.1. The van der Waals surface area contributed by atoms with Crippen LogP contribution in [0.2, 0.25) is 0 Å². The second-order valence-corrected chi connectivity index (χ2v) is 5.51. The van der Waals surface area contributed by atoms with E-state index in [1.54, 1.807) is 0 Å². The Morgan fingerprint density at radius 2 is 2.00 bits per heavy atom. The molecule has 0 spiro atoms. The van der Waals surface area contributed by atoms with Crippen LogP contribution in [0.25, 0.3) is 0 Å². The molecule has 0 aliphatic heterocycles. The maximum absolute atomic E-state index is 5.29. The molecule has 1 saturated carbocycles. The summed E-state index contributed by atoms with van der Waals surface area (Å²) in [5.74, 6) is 0. The lowest BCUT2D eigenvalue weighted by molar-refractivity contribution is 0.696. The van der Waals surface area contributed by atoms with Crippen LogP contribution < -0.4 is 10.6 Å². The molecule has 1 unspecified atom stereocenters. The van der Waals surface area contributed by atoms with Gasteiger partial charge in [-0.05, 0) is 49.5 Å². The van der Waals surface area contributed by atoms with Crippen molar-refractivity contribution >= 4 is 17.3 Å². The number of hydrogen-bond donors (Lipinski definition) is 2. The molecule has 1 aromatic rings. The minimum Gasteiger partial charge on any atom is -0.360 e. The van der Waals surface area contributed by atoms with Crippen molar-refractivity contribution in [2.75, 3.05) is 0 Å². The maximum atomic E-state index is 5.29. The van der Waals surface area contributed by atoms with Gasteiger partial charge in [-0.2, -0.15) is 0 Å². The summed E-state index contributed by atoms with van der Waals surface area (Å²) < 4.78 is 0. The van der Waals surface area contributed by atoms with Crippen LogP contribution in [0.4, 0.5) is 0 Å². The van der Waals surface area contributed by atoms with E-state index in [2.05, 4.69) is 48.7 Å². The summed E-state index contributed by atoms with van der Waals surface area (Å²) in [6.45, 7) is 4.36. The molecule has 0 saturated heterocycles. The molecule has 98 valence electrons. The van der Waals surface area contributed by atoms with Gasteiger partial charge in [0.05, 0.1) is 6.04 Å². The maximum Gasteiger partial charge on any atom is 0.166 e. The molecule has 2 nitrogen and oxygen atoms in total. The molecule has 0 radical (unpaired) electrons. The van der Waals surface area contributed by atoms with E-state index in [0.29, 0.717) is 6.04 Å². The molecule has 18 heavy (non-hydrogen) atoms. The molecule has 1 atom stereocenters. The zero-order valence-corrected chi connectivity index (χ0v) is 12.0. The molecular weight excluding hydrogens is 240 g/mol. The molecule has 3 heteroatoms. The van der Waals surface area contributed by atoms with E-state index in [0.717, 1.165) is 11.5 Å². The Labute approximate surface area is 115 Å². The summed E-state index contributed by atoms with van der Waals surface area (Å²) in [5.41, 5.74) is 2.70. The smallest absolute Gasteiger partial charge is 0.166 e. The van der Waals surface area contributed by atoms with Crippen molar-refractivity contribution < 1.29 is 0 Å². The molecule has 1 aromatic carbocycles. The highest BCUT2D eigenvalue weighted by molar-refractivity contribution is 7.80. The third-order valence-corrected chi connectivity index (χ3v) is 3.51. The zero-order valence-electron chi connectivity index (χ0n) is 11.2. The highest BCUT2D eigenvalue weighted by Crippen LogP contribution is 2.19. The monoisotopic (exact) mass is 262 g/mol. The molecule has 2 N–H and O–H groups in total. The second-order valence-electron chi connectivity index (χ2n) is 5.11. The van der Waals surface area contributed by atoms with E-state index in [1.807, 2.05) is 0 Å². The Morgan fingerprint density at radius 1 is 1.33 bits per heavy atom. The van der Waals surface area contributed by atoms with Gasteiger partial charge >= 0.3 is 0 Å². The van der Waals surface area contributed by atoms with Gasteiger partial charge in [0, 0.05) is 6.04 Å². The first-order chi connectivity index (χ1) is 8.69. The van der Waals surface area contributed by atoms with E-state index < -0.39 is 0 Å². The lowest BCUT2D eigenvalue weighted by Gasteiger charge is -2.17. The van der Waals surface area contributed by atoms with Crippen molar-refractivity contribution in [3.05, 3.63) is 35.4 Å². The summed E-state index contributed by atoms with van der Waals surface area (Å²) in [7, 11) is 0. The Kier molecular flexibility index (Phi) is 4.59. The number of thiocarbonyl (C=S) groups is 1. The van der Waals surface area contributed by atoms with Gasteiger partial charge in [-0.1, -0.05) is 37.6 Å². The van der Waals surface area contributed by atoms with Crippen LogP contribution in [0.5, 0.6) is 0 Å². The third-order valence-electron chi connectivity index (χ3n) is 3.28. The van der Waals surface area contributed by atoms with Gasteiger partial charge < -0.3 is 10.6 Å². The van der Waals surface area contributed by atoms with Gasteiger partial charge in [-0.3, -0.25) is 0 Å². The topological polar surface area (TPSA) is 24.1 Å². The molecule has 2 rings (SSSR count). The molecule has 0 heterocycles. The summed E-state index contributed by atoms with van der Waals surface area (Å²) in [6, 6.07) is 9.71. The van der Waals surface area contributed by atoms with Crippen LogP contribution in [0, 0.1) is 0 Å². The van der Waals surface area contributed by atoms with Gasteiger partial charge in [-0.15, -0.1) is 0 Å². The predicted octanol–water partition coefficient (Wildman–Crippen LogP) is 3.33. The fourth-order valence-electron chi connectivity index (χ4n) is 2.00. The molecule has 0 bridgehead atoms. The Hall–Kier alpha value is -1.09. The lowest BCUT2D eigenvalue weighted by Crippen LogP contribution is -2.37. The number of rotatable bonds is 5. The second kappa shape index (κ2) is 6.19. The number of aryl methyl sites for hydroxylation is 1. The van der Waals surface area contributed by atoms with E-state index in [9.17, 15) is 0 Å². The van der Waals surface area contributed by atoms with Gasteiger partial charge in [0.1, 0.15) is 0 Å². The summed E-state index contributed by atoms with van der Waals surface area (Å²) in [6.07, 6.45) is 4.86. The van der Waals surface area contributed by atoms with Crippen molar-refractivity contribution in [1.29, 1.82) is 0 Å². The summed E-state index contributed by atoms with van der Waals surface area (Å²) in [4.78, 5) is 0. The van der Waals surface area contributed by atoms with E-state index in [4.69, 9.17) is 12.2 Å². The van der Waals surface area contributed by atoms with Gasteiger partial charge in [0.25, 0.3) is 0 Å². The predicted molar refractivity (Wildman–Crippen MR) is 80.7 cm³/mol. The fourth-order valence-corrected chi connectivity index (χ4v) is 2.34. The molecule has 1 aliphatic carbocycles. The Balaban J connectivity index is 1.86. The largest absolute Gasteiger partial charge is 0.360 e. The van der Waals surface area contributed by atoms with Gasteiger partial charge in [0.2, 0.25) is 0 Å². The summed E-state index contributed by atoms with van der Waals surface area (Å²) in [5, 5.41) is 7.43. The first kappa shape index (κ1) is 13.3. The molecular formula is C15H22N2S. The minimum absolute atomic E-state index is 0.263. The minimum atomic E-state index is 0.263. The standard InChI is InChI=1S/C15H22N2S/c1-3-4-12-5-7-13(8-6-12)11(2)16-15(18)17-14-9-10-14/h5-8,11,14H,3-4,9-10H2,1-2H3,(H2,16,17,18). The zero-order chi connectivity index (χ0) is 13.0. The highest BCUT2D eigenvalue weighted by atomic mass is 32.1. The molecule has 0 amide bonds. The average Bonchev–Trinajstić information content (AvgIpc) is 3.14. The van der Waals surface area contributed by atoms with Crippen LogP contribution in [0.15, 0.2) is 24.3 Å². The quantitative estimate of drug-likeness (QED) is 0.796. The van der Waals surface area contributed by atoms with Crippen LogP contribution in [-0.2, 0) is 6.42 Å². The number of hydrogen-bond acceptors (Lipinski definition) is 1. The van der Waals surface area contributed by atoms with Crippen LogP contribution in [-0.4, -0.2) is 11.2 Å². The van der Waals surface area contributed by atoms with Crippen molar-refractivity contribution in [2.24, 2.45) is 0 Å².